The van der Waals surface area contributed by atoms with E-state index in [0.29, 0.717) is 6.54 Å². The Morgan fingerprint density at radius 2 is 2.13 bits per heavy atom. The van der Waals surface area contributed by atoms with Crippen LogP contribution in [0.25, 0.3) is 0 Å². The van der Waals surface area contributed by atoms with Gasteiger partial charge < -0.3 is 19.4 Å². The fourth-order valence-corrected chi connectivity index (χ4v) is 1.39. The minimum Gasteiger partial charge on any atom is -0.355 e. The summed E-state index contributed by atoms with van der Waals surface area (Å²) < 4.78 is 12.3. The number of ether oxygens (including phenoxy) is 2. The van der Waals surface area contributed by atoms with E-state index in [1.54, 1.807) is 14.2 Å². The molecule has 0 aliphatic carbocycles. The zero-order valence-corrected chi connectivity index (χ0v) is 9.69. The minimum atomic E-state index is -0.168. The summed E-state index contributed by atoms with van der Waals surface area (Å²) >= 11 is 0. The molecular formula is C11H20N2O2. The molecule has 0 aliphatic heterocycles. The van der Waals surface area contributed by atoms with Crippen LogP contribution >= 0.6 is 0 Å². The van der Waals surface area contributed by atoms with Crippen LogP contribution < -0.4 is 5.32 Å². The van der Waals surface area contributed by atoms with Crippen LogP contribution in [0.4, 0.5) is 0 Å². The van der Waals surface area contributed by atoms with E-state index in [2.05, 4.69) is 35.3 Å². The van der Waals surface area contributed by atoms with Gasteiger partial charge in [0.05, 0.1) is 0 Å². The lowest BCUT2D eigenvalue weighted by molar-refractivity contribution is -0.0989. The molecule has 1 aromatic heterocycles. The molecule has 0 atom stereocenters. The van der Waals surface area contributed by atoms with E-state index < -0.39 is 0 Å². The van der Waals surface area contributed by atoms with Crippen LogP contribution in [0.1, 0.15) is 12.5 Å². The van der Waals surface area contributed by atoms with Crippen molar-refractivity contribution in [2.45, 2.75) is 26.3 Å². The summed E-state index contributed by atoms with van der Waals surface area (Å²) in [5.74, 6) is 0. The van der Waals surface area contributed by atoms with Gasteiger partial charge in [-0.1, -0.05) is 0 Å². The van der Waals surface area contributed by atoms with Crippen LogP contribution in [0.2, 0.25) is 0 Å². The molecule has 0 aromatic carbocycles. The number of nitrogens with one attached hydrogen (secondary N) is 1. The van der Waals surface area contributed by atoms with E-state index in [1.807, 2.05) is 0 Å². The van der Waals surface area contributed by atoms with Crippen LogP contribution in [0.5, 0.6) is 0 Å². The zero-order chi connectivity index (χ0) is 11.1. The van der Waals surface area contributed by atoms with E-state index in [9.17, 15) is 0 Å². The summed E-state index contributed by atoms with van der Waals surface area (Å²) in [6.45, 7) is 4.68. The van der Waals surface area contributed by atoms with E-state index in [4.69, 9.17) is 9.47 Å². The first-order valence-corrected chi connectivity index (χ1v) is 5.21. The van der Waals surface area contributed by atoms with Gasteiger partial charge in [0.25, 0.3) is 0 Å². The third kappa shape index (κ3) is 4.03. The molecule has 4 heteroatoms. The van der Waals surface area contributed by atoms with Crippen molar-refractivity contribution >= 4 is 0 Å². The molecule has 0 saturated heterocycles. The highest BCUT2D eigenvalue weighted by molar-refractivity contribution is 5.09. The average Bonchev–Trinajstić information content (AvgIpc) is 2.72. The Morgan fingerprint density at radius 1 is 1.40 bits per heavy atom. The highest BCUT2D eigenvalue weighted by atomic mass is 16.7. The summed E-state index contributed by atoms with van der Waals surface area (Å²) in [6.07, 6.45) is 4.06. The molecule has 4 nitrogen and oxygen atoms in total. The molecule has 0 unspecified atom stereocenters. The van der Waals surface area contributed by atoms with E-state index in [1.165, 1.54) is 5.56 Å². The second kappa shape index (κ2) is 6.61. The number of nitrogens with zero attached hydrogens (tertiary/aromatic N) is 1. The Bertz CT molecular complexity index is 269. The van der Waals surface area contributed by atoms with Crippen molar-refractivity contribution in [3.8, 4) is 0 Å². The van der Waals surface area contributed by atoms with Crippen molar-refractivity contribution < 1.29 is 9.47 Å². The standard InChI is InChI=1S/C11H20N2O2/c1-4-13-6-5-10(9-13)7-12-8-11(14-2)15-3/h5-6,9,11-12H,4,7-8H2,1-3H3. The Hall–Kier alpha value is -0.840. The zero-order valence-electron chi connectivity index (χ0n) is 9.69. The summed E-state index contributed by atoms with van der Waals surface area (Å²) in [7, 11) is 3.28. The first-order valence-electron chi connectivity index (χ1n) is 5.21. The molecule has 0 bridgehead atoms. The Balaban J connectivity index is 2.25. The second-order valence-electron chi connectivity index (χ2n) is 3.38. The van der Waals surface area contributed by atoms with Crippen LogP contribution in [-0.4, -0.2) is 31.6 Å². The van der Waals surface area contributed by atoms with Crippen molar-refractivity contribution in [3.05, 3.63) is 24.0 Å². The van der Waals surface area contributed by atoms with Crippen molar-refractivity contribution in [1.29, 1.82) is 0 Å². The lowest BCUT2D eigenvalue weighted by Gasteiger charge is -2.13. The molecule has 86 valence electrons. The first-order chi connectivity index (χ1) is 7.30. The third-order valence-electron chi connectivity index (χ3n) is 2.34. The van der Waals surface area contributed by atoms with Gasteiger partial charge in [0.15, 0.2) is 6.29 Å². The van der Waals surface area contributed by atoms with Crippen molar-refractivity contribution in [2.75, 3.05) is 20.8 Å². The molecule has 1 rings (SSSR count). The van der Waals surface area contributed by atoms with Gasteiger partial charge >= 0.3 is 0 Å². The lowest BCUT2D eigenvalue weighted by Crippen LogP contribution is -2.29. The molecule has 15 heavy (non-hydrogen) atoms. The largest absolute Gasteiger partial charge is 0.355 e. The number of methoxy groups -OCH3 is 2. The molecule has 1 N–H and O–H groups in total. The fourth-order valence-electron chi connectivity index (χ4n) is 1.39. The Morgan fingerprint density at radius 3 is 2.67 bits per heavy atom. The molecular weight excluding hydrogens is 192 g/mol. The minimum absolute atomic E-state index is 0.168. The molecule has 0 saturated carbocycles. The Kier molecular flexibility index (Phi) is 5.39. The maximum Gasteiger partial charge on any atom is 0.169 e. The predicted molar refractivity (Wildman–Crippen MR) is 59.6 cm³/mol. The van der Waals surface area contributed by atoms with Gasteiger partial charge in [-0.3, -0.25) is 0 Å². The highest BCUT2D eigenvalue weighted by Gasteiger charge is 2.03. The van der Waals surface area contributed by atoms with Gasteiger partial charge in [-0.15, -0.1) is 0 Å². The summed E-state index contributed by atoms with van der Waals surface area (Å²) in [5, 5.41) is 3.28. The van der Waals surface area contributed by atoms with Crippen molar-refractivity contribution in [1.82, 2.24) is 9.88 Å². The van der Waals surface area contributed by atoms with E-state index >= 15 is 0 Å². The van der Waals surface area contributed by atoms with Gasteiger partial charge in [0, 0.05) is 46.2 Å². The fraction of sp³-hybridized carbons (Fsp3) is 0.636. The summed E-state index contributed by atoms with van der Waals surface area (Å²) in [4.78, 5) is 0. The monoisotopic (exact) mass is 212 g/mol. The Labute approximate surface area is 91.2 Å². The van der Waals surface area contributed by atoms with Crippen LogP contribution in [0.15, 0.2) is 18.5 Å². The second-order valence-corrected chi connectivity index (χ2v) is 3.38. The first kappa shape index (κ1) is 12.2. The molecule has 1 aromatic rings. The van der Waals surface area contributed by atoms with Crippen LogP contribution in [0, 0.1) is 0 Å². The number of aromatic nitrogens is 1. The summed E-state index contributed by atoms with van der Waals surface area (Å²) in [5.41, 5.74) is 1.28. The number of rotatable bonds is 7. The normalized spacial score (nSPS) is 11.2. The molecule has 0 spiro atoms. The number of hydrogen-bond acceptors (Lipinski definition) is 3. The average molecular weight is 212 g/mol. The van der Waals surface area contributed by atoms with E-state index in [0.717, 1.165) is 13.1 Å². The molecule has 0 aliphatic rings. The van der Waals surface area contributed by atoms with Gasteiger partial charge in [0.1, 0.15) is 0 Å². The third-order valence-corrected chi connectivity index (χ3v) is 2.34. The lowest BCUT2D eigenvalue weighted by atomic mass is 10.3. The summed E-state index contributed by atoms with van der Waals surface area (Å²) in [6, 6.07) is 2.12. The highest BCUT2D eigenvalue weighted by Crippen LogP contribution is 2.00. The van der Waals surface area contributed by atoms with Crippen LogP contribution in [-0.2, 0) is 22.6 Å². The number of aryl methyl sites for hydroxylation is 1. The molecule has 1 heterocycles. The van der Waals surface area contributed by atoms with Crippen molar-refractivity contribution in [2.24, 2.45) is 0 Å². The molecule has 0 amide bonds. The topological polar surface area (TPSA) is 35.4 Å². The molecule has 0 fully saturated rings. The van der Waals surface area contributed by atoms with Crippen LogP contribution in [0.3, 0.4) is 0 Å². The number of hydrogen-bond donors (Lipinski definition) is 1. The van der Waals surface area contributed by atoms with Crippen molar-refractivity contribution in [3.63, 3.8) is 0 Å². The maximum atomic E-state index is 5.07. The maximum absolute atomic E-state index is 5.07. The quantitative estimate of drug-likeness (QED) is 0.690. The van der Waals surface area contributed by atoms with Gasteiger partial charge in [-0.05, 0) is 18.6 Å². The van der Waals surface area contributed by atoms with Gasteiger partial charge in [-0.25, -0.2) is 0 Å². The van der Waals surface area contributed by atoms with Gasteiger partial charge in [-0.2, -0.15) is 0 Å². The SMILES string of the molecule is CCn1ccc(CNCC(OC)OC)c1. The van der Waals surface area contributed by atoms with E-state index in [-0.39, 0.29) is 6.29 Å². The van der Waals surface area contributed by atoms with Gasteiger partial charge in [0.2, 0.25) is 0 Å². The molecule has 0 radical (unpaired) electrons. The smallest absolute Gasteiger partial charge is 0.169 e. The predicted octanol–water partition coefficient (Wildman–Crippen LogP) is 1.22.